The number of phenolic OH excluding ortho intramolecular Hbond substituents is 1. The minimum absolute atomic E-state index is 0.00344. The second-order valence-electron chi connectivity index (χ2n) is 6.06. The first-order valence-electron chi connectivity index (χ1n) is 8.50. The first-order valence-corrected chi connectivity index (χ1v) is 8.50. The molecule has 2 N–H and O–H groups in total. The molecule has 1 amide bonds. The van der Waals surface area contributed by atoms with Gasteiger partial charge in [0, 0.05) is 18.0 Å². The maximum atomic E-state index is 13.0. The second kappa shape index (κ2) is 7.87. The predicted molar refractivity (Wildman–Crippen MR) is 106 cm³/mol. The van der Waals surface area contributed by atoms with E-state index < -0.39 is 11.5 Å². The molecule has 0 aliphatic carbocycles. The van der Waals surface area contributed by atoms with Gasteiger partial charge in [0.05, 0.1) is 19.9 Å². The number of anilines is 1. The van der Waals surface area contributed by atoms with Crippen molar-refractivity contribution < 1.29 is 19.4 Å². The zero-order valence-corrected chi connectivity index (χ0v) is 15.7. The first-order chi connectivity index (χ1) is 13.5. The number of para-hydroxylation sites is 2. The topological polar surface area (TPSA) is 89.8 Å². The molecule has 3 rings (SSSR count). The van der Waals surface area contributed by atoms with E-state index in [0.29, 0.717) is 22.7 Å². The Labute approximate surface area is 161 Å². The van der Waals surface area contributed by atoms with Gasteiger partial charge in [0.2, 0.25) is 0 Å². The van der Waals surface area contributed by atoms with Gasteiger partial charge in [-0.15, -0.1) is 0 Å². The van der Waals surface area contributed by atoms with E-state index in [1.165, 1.54) is 30.9 Å². The van der Waals surface area contributed by atoms with Crippen LogP contribution in [-0.2, 0) is 0 Å². The van der Waals surface area contributed by atoms with Crippen molar-refractivity contribution in [1.29, 1.82) is 0 Å². The number of hydrogen-bond donors (Lipinski definition) is 2. The highest BCUT2D eigenvalue weighted by Crippen LogP contribution is 2.28. The van der Waals surface area contributed by atoms with Crippen LogP contribution in [0.15, 0.2) is 59.5 Å². The lowest BCUT2D eigenvalue weighted by atomic mass is 10.1. The first kappa shape index (κ1) is 19.0. The molecule has 7 heteroatoms. The molecule has 28 heavy (non-hydrogen) atoms. The molecule has 0 aliphatic heterocycles. The smallest absolute Gasteiger partial charge is 0.268 e. The van der Waals surface area contributed by atoms with Crippen molar-refractivity contribution in [2.24, 2.45) is 0 Å². The lowest BCUT2D eigenvalue weighted by molar-refractivity contribution is 0.102. The lowest BCUT2D eigenvalue weighted by Gasteiger charge is -2.14. The molecule has 1 heterocycles. The van der Waals surface area contributed by atoms with Crippen LogP contribution in [0.1, 0.15) is 15.9 Å². The number of hydrogen-bond acceptors (Lipinski definition) is 5. The molecule has 0 radical (unpaired) electrons. The quantitative estimate of drug-likeness (QED) is 0.710. The van der Waals surface area contributed by atoms with Gasteiger partial charge >= 0.3 is 0 Å². The van der Waals surface area contributed by atoms with E-state index in [9.17, 15) is 14.7 Å². The fraction of sp³-hybridized carbons (Fsp3) is 0.143. The highest BCUT2D eigenvalue weighted by atomic mass is 16.5. The molecular weight excluding hydrogens is 360 g/mol. The maximum Gasteiger partial charge on any atom is 0.268 e. The van der Waals surface area contributed by atoms with Gasteiger partial charge in [0.25, 0.3) is 11.5 Å². The van der Waals surface area contributed by atoms with Crippen molar-refractivity contribution in [2.75, 3.05) is 19.5 Å². The van der Waals surface area contributed by atoms with Crippen molar-refractivity contribution in [3.8, 4) is 22.9 Å². The van der Waals surface area contributed by atoms with Crippen LogP contribution in [0.3, 0.4) is 0 Å². The standard InChI is InChI=1S/C21H20N2O5/c1-13-10-11-23(15-6-4-5-7-17(15)27-2)21(26)19(13)20(25)22-14-8-9-18(28-3)16(24)12-14/h4-12,24H,1-3H3,(H,22,25). The number of methoxy groups -OCH3 is 2. The van der Waals surface area contributed by atoms with Crippen LogP contribution >= 0.6 is 0 Å². The molecule has 0 saturated carbocycles. The third kappa shape index (κ3) is 3.55. The highest BCUT2D eigenvalue weighted by Gasteiger charge is 2.18. The van der Waals surface area contributed by atoms with Crippen molar-refractivity contribution in [3.63, 3.8) is 0 Å². The van der Waals surface area contributed by atoms with E-state index in [4.69, 9.17) is 9.47 Å². The zero-order valence-electron chi connectivity index (χ0n) is 15.7. The number of carbonyl (C=O) groups is 1. The number of benzene rings is 2. The Balaban J connectivity index is 2.01. The van der Waals surface area contributed by atoms with Crippen molar-refractivity contribution >= 4 is 11.6 Å². The molecule has 144 valence electrons. The largest absolute Gasteiger partial charge is 0.504 e. The number of pyridine rings is 1. The van der Waals surface area contributed by atoms with Gasteiger partial charge in [0.1, 0.15) is 11.3 Å². The third-order valence-corrected chi connectivity index (χ3v) is 4.31. The number of amides is 1. The molecular formula is C21H20N2O5. The van der Waals surface area contributed by atoms with Crippen LogP contribution in [0.25, 0.3) is 5.69 Å². The average Bonchev–Trinajstić information content (AvgIpc) is 2.68. The number of aromatic hydroxyl groups is 1. The summed E-state index contributed by atoms with van der Waals surface area (Å²) >= 11 is 0. The Hall–Kier alpha value is -3.74. The Kier molecular flexibility index (Phi) is 5.35. The van der Waals surface area contributed by atoms with E-state index in [1.807, 2.05) is 0 Å². The molecule has 2 aromatic carbocycles. The van der Waals surface area contributed by atoms with Gasteiger partial charge in [-0.1, -0.05) is 12.1 Å². The molecule has 0 bridgehead atoms. The van der Waals surface area contributed by atoms with Crippen LogP contribution < -0.4 is 20.3 Å². The number of aromatic nitrogens is 1. The van der Waals surface area contributed by atoms with Crippen molar-refractivity contribution in [1.82, 2.24) is 4.57 Å². The Morgan fingerprint density at radius 1 is 1.04 bits per heavy atom. The lowest BCUT2D eigenvalue weighted by Crippen LogP contribution is -2.29. The summed E-state index contributed by atoms with van der Waals surface area (Å²) in [6.45, 7) is 1.69. The monoisotopic (exact) mass is 380 g/mol. The summed E-state index contributed by atoms with van der Waals surface area (Å²) in [4.78, 5) is 25.8. The number of ether oxygens (including phenoxy) is 2. The predicted octanol–water partition coefficient (Wildman–Crippen LogP) is 3.12. The Morgan fingerprint density at radius 3 is 2.43 bits per heavy atom. The number of nitrogens with zero attached hydrogens (tertiary/aromatic N) is 1. The van der Waals surface area contributed by atoms with Crippen LogP contribution in [0, 0.1) is 6.92 Å². The van der Waals surface area contributed by atoms with Crippen LogP contribution in [0.4, 0.5) is 5.69 Å². The van der Waals surface area contributed by atoms with E-state index in [2.05, 4.69) is 5.32 Å². The third-order valence-electron chi connectivity index (χ3n) is 4.31. The number of carbonyl (C=O) groups excluding carboxylic acids is 1. The van der Waals surface area contributed by atoms with Crippen LogP contribution in [0.5, 0.6) is 17.2 Å². The zero-order chi connectivity index (χ0) is 20.3. The molecule has 7 nitrogen and oxygen atoms in total. The minimum atomic E-state index is -0.573. The fourth-order valence-corrected chi connectivity index (χ4v) is 2.88. The van der Waals surface area contributed by atoms with Gasteiger partial charge < -0.3 is 19.9 Å². The van der Waals surface area contributed by atoms with E-state index in [1.54, 1.807) is 49.5 Å². The molecule has 0 aliphatic rings. The maximum absolute atomic E-state index is 13.0. The van der Waals surface area contributed by atoms with Crippen LogP contribution in [0.2, 0.25) is 0 Å². The molecule has 3 aromatic rings. The summed E-state index contributed by atoms with van der Waals surface area (Å²) in [5, 5.41) is 12.5. The molecule has 0 spiro atoms. The van der Waals surface area contributed by atoms with Gasteiger partial charge in [-0.25, -0.2) is 0 Å². The SMILES string of the molecule is COc1ccc(NC(=O)c2c(C)ccn(-c3ccccc3OC)c2=O)cc1O. The summed E-state index contributed by atoms with van der Waals surface area (Å²) in [6, 6.07) is 13.2. The van der Waals surface area contributed by atoms with Gasteiger partial charge in [0.15, 0.2) is 11.5 Å². The van der Waals surface area contributed by atoms with Crippen LogP contribution in [-0.4, -0.2) is 29.8 Å². The second-order valence-corrected chi connectivity index (χ2v) is 6.06. The normalized spacial score (nSPS) is 10.4. The molecule has 0 fully saturated rings. The number of phenols is 1. The summed E-state index contributed by atoms with van der Waals surface area (Å²) in [5.74, 6) is 0.111. The Morgan fingerprint density at radius 2 is 1.75 bits per heavy atom. The molecule has 1 aromatic heterocycles. The Bertz CT molecular complexity index is 1090. The minimum Gasteiger partial charge on any atom is -0.504 e. The molecule has 0 saturated heterocycles. The average molecular weight is 380 g/mol. The summed E-state index contributed by atoms with van der Waals surface area (Å²) in [7, 11) is 2.95. The van der Waals surface area contributed by atoms with Gasteiger partial charge in [-0.3, -0.25) is 14.2 Å². The van der Waals surface area contributed by atoms with Gasteiger partial charge in [-0.05, 0) is 42.8 Å². The van der Waals surface area contributed by atoms with E-state index in [-0.39, 0.29) is 17.1 Å². The molecule has 0 unspecified atom stereocenters. The molecule has 0 atom stereocenters. The fourth-order valence-electron chi connectivity index (χ4n) is 2.88. The van der Waals surface area contributed by atoms with Crippen molar-refractivity contribution in [2.45, 2.75) is 6.92 Å². The van der Waals surface area contributed by atoms with E-state index in [0.717, 1.165) is 0 Å². The number of nitrogens with one attached hydrogen (secondary N) is 1. The van der Waals surface area contributed by atoms with E-state index >= 15 is 0 Å². The summed E-state index contributed by atoms with van der Waals surface area (Å²) in [6.07, 6.45) is 1.60. The number of aryl methyl sites for hydroxylation is 1. The van der Waals surface area contributed by atoms with Gasteiger partial charge in [-0.2, -0.15) is 0 Å². The summed E-state index contributed by atoms with van der Waals surface area (Å²) < 4.78 is 11.7. The van der Waals surface area contributed by atoms with Crippen molar-refractivity contribution in [3.05, 3.63) is 76.2 Å². The highest BCUT2D eigenvalue weighted by molar-refractivity contribution is 6.05. The summed E-state index contributed by atoms with van der Waals surface area (Å²) in [5.41, 5.74) is 0.941. The number of rotatable bonds is 5.